The Morgan fingerprint density at radius 1 is 1.19 bits per heavy atom. The number of aliphatic hydroxyl groups is 1. The molecule has 0 saturated heterocycles. The summed E-state index contributed by atoms with van der Waals surface area (Å²) in [7, 11) is -3.13. The predicted molar refractivity (Wildman–Crippen MR) is 64.8 cm³/mol. The minimum absolute atomic E-state index is 0.0192. The normalized spacial score (nSPS) is 12.7. The van der Waals surface area contributed by atoms with Crippen LogP contribution in [0.5, 0.6) is 0 Å². The second kappa shape index (κ2) is 4.97. The van der Waals surface area contributed by atoms with Gasteiger partial charge in [0.05, 0.1) is 17.1 Å². The Hall–Kier alpha value is -0.870. The van der Waals surface area contributed by atoms with Crippen molar-refractivity contribution in [2.24, 2.45) is 0 Å². The molecule has 1 N–H and O–H groups in total. The molecule has 0 amide bonds. The van der Waals surface area contributed by atoms with Gasteiger partial charge in [0.2, 0.25) is 0 Å². The Morgan fingerprint density at radius 3 is 2.25 bits per heavy atom. The van der Waals surface area contributed by atoms with Crippen LogP contribution < -0.4 is 0 Å². The highest BCUT2D eigenvalue weighted by Gasteiger charge is 2.19. The molecule has 0 heterocycles. The van der Waals surface area contributed by atoms with Crippen LogP contribution in [0.3, 0.4) is 0 Å². The lowest BCUT2D eigenvalue weighted by Gasteiger charge is -2.16. The van der Waals surface area contributed by atoms with E-state index in [2.05, 4.69) is 0 Å². The summed E-state index contributed by atoms with van der Waals surface area (Å²) in [5.41, 5.74) is -0.137. The van der Waals surface area contributed by atoms with E-state index >= 15 is 0 Å². The van der Waals surface area contributed by atoms with Crippen LogP contribution in [0, 0.1) is 0 Å². The molecule has 0 saturated carbocycles. The molecule has 0 unspecified atom stereocenters. The zero-order valence-electron chi connectivity index (χ0n) is 9.68. The largest absolute Gasteiger partial charge is 0.390 e. The van der Waals surface area contributed by atoms with Crippen molar-refractivity contribution in [1.29, 1.82) is 0 Å². The van der Waals surface area contributed by atoms with E-state index in [0.29, 0.717) is 0 Å². The highest BCUT2D eigenvalue weighted by molar-refractivity contribution is 7.90. The van der Waals surface area contributed by atoms with E-state index in [9.17, 15) is 13.5 Å². The number of sulfone groups is 1. The average molecular weight is 242 g/mol. The molecule has 1 rings (SSSR count). The summed E-state index contributed by atoms with van der Waals surface area (Å²) in [5, 5.41) is 9.48. The topological polar surface area (TPSA) is 54.4 Å². The molecule has 0 aliphatic rings. The summed E-state index contributed by atoms with van der Waals surface area (Å²) in [4.78, 5) is 0. The molecule has 4 heteroatoms. The fraction of sp³-hybridized carbons (Fsp3) is 0.500. The van der Waals surface area contributed by atoms with Gasteiger partial charge in [0.1, 0.15) is 0 Å². The Balaban J connectivity index is 2.60. The smallest absolute Gasteiger partial charge is 0.154 e. The maximum Gasteiger partial charge on any atom is 0.154 e. The molecule has 0 bridgehead atoms. The van der Waals surface area contributed by atoms with Crippen LogP contribution in [0.2, 0.25) is 0 Å². The van der Waals surface area contributed by atoms with Gasteiger partial charge in [-0.3, -0.25) is 0 Å². The minimum Gasteiger partial charge on any atom is -0.390 e. The first-order chi connectivity index (χ1) is 7.29. The molecule has 0 aromatic heterocycles. The van der Waals surface area contributed by atoms with Crippen LogP contribution in [-0.2, 0) is 15.6 Å². The van der Waals surface area contributed by atoms with E-state index in [0.717, 1.165) is 5.56 Å². The zero-order chi connectivity index (χ0) is 12.2. The second-order valence-electron chi connectivity index (χ2n) is 4.64. The first-order valence-corrected chi connectivity index (χ1v) is 7.07. The number of benzene rings is 1. The van der Waals surface area contributed by atoms with Gasteiger partial charge in [-0.05, 0) is 25.8 Å². The van der Waals surface area contributed by atoms with Gasteiger partial charge in [0, 0.05) is 0 Å². The van der Waals surface area contributed by atoms with Gasteiger partial charge in [0.15, 0.2) is 9.84 Å². The summed E-state index contributed by atoms with van der Waals surface area (Å²) in [6.45, 7) is 3.23. The van der Waals surface area contributed by atoms with Crippen molar-refractivity contribution in [3.63, 3.8) is 0 Å². The summed E-state index contributed by atoms with van der Waals surface area (Å²) in [5.74, 6) is 0.0648. The van der Waals surface area contributed by atoms with Crippen molar-refractivity contribution in [3.8, 4) is 0 Å². The molecule has 3 nitrogen and oxygen atoms in total. The van der Waals surface area contributed by atoms with Gasteiger partial charge < -0.3 is 5.11 Å². The van der Waals surface area contributed by atoms with Gasteiger partial charge in [-0.1, -0.05) is 30.3 Å². The van der Waals surface area contributed by atoms with Crippen molar-refractivity contribution in [3.05, 3.63) is 35.9 Å². The van der Waals surface area contributed by atoms with E-state index in [-0.39, 0.29) is 17.9 Å². The van der Waals surface area contributed by atoms with E-state index < -0.39 is 15.4 Å². The molecular weight excluding hydrogens is 224 g/mol. The van der Waals surface area contributed by atoms with Crippen LogP contribution in [-0.4, -0.2) is 24.9 Å². The van der Waals surface area contributed by atoms with Crippen molar-refractivity contribution in [2.45, 2.75) is 31.6 Å². The Morgan fingerprint density at radius 2 is 1.75 bits per heavy atom. The lowest BCUT2D eigenvalue weighted by Crippen LogP contribution is -2.23. The van der Waals surface area contributed by atoms with Gasteiger partial charge in [-0.2, -0.15) is 0 Å². The predicted octanol–water partition coefficient (Wildman–Crippen LogP) is 1.76. The first kappa shape index (κ1) is 13.2. The highest BCUT2D eigenvalue weighted by Crippen LogP contribution is 2.12. The Kier molecular flexibility index (Phi) is 4.10. The minimum atomic E-state index is -3.13. The number of hydrogen-bond donors (Lipinski definition) is 1. The standard InChI is InChI=1S/C12H18O3S/c1-12(2,13)8-9-16(14,15)10-11-6-4-3-5-7-11/h3-7,13H,8-10H2,1-2H3. The van der Waals surface area contributed by atoms with E-state index in [1.807, 2.05) is 18.2 Å². The highest BCUT2D eigenvalue weighted by atomic mass is 32.2. The molecule has 0 atom stereocenters. The fourth-order valence-corrected chi connectivity index (χ4v) is 2.96. The second-order valence-corrected chi connectivity index (χ2v) is 6.82. The van der Waals surface area contributed by atoms with Crippen LogP contribution in [0.25, 0.3) is 0 Å². The molecule has 0 fully saturated rings. The van der Waals surface area contributed by atoms with E-state index in [1.54, 1.807) is 26.0 Å². The number of hydrogen-bond acceptors (Lipinski definition) is 3. The third-order valence-corrected chi connectivity index (χ3v) is 3.85. The van der Waals surface area contributed by atoms with Crippen molar-refractivity contribution >= 4 is 9.84 Å². The third kappa shape index (κ3) is 5.28. The van der Waals surface area contributed by atoms with Crippen molar-refractivity contribution in [1.82, 2.24) is 0 Å². The van der Waals surface area contributed by atoms with Gasteiger partial charge in [-0.25, -0.2) is 8.42 Å². The molecule has 1 aromatic rings. The van der Waals surface area contributed by atoms with Gasteiger partial charge in [0.25, 0.3) is 0 Å². The maximum absolute atomic E-state index is 11.7. The lowest BCUT2D eigenvalue weighted by molar-refractivity contribution is 0.0772. The molecular formula is C12H18O3S. The molecule has 90 valence electrons. The molecule has 0 aliphatic heterocycles. The summed E-state index contributed by atoms with van der Waals surface area (Å²) >= 11 is 0. The van der Waals surface area contributed by atoms with Crippen LogP contribution >= 0.6 is 0 Å². The molecule has 0 radical (unpaired) electrons. The lowest BCUT2D eigenvalue weighted by atomic mass is 10.1. The van der Waals surface area contributed by atoms with Crippen LogP contribution in [0.4, 0.5) is 0 Å². The fourth-order valence-electron chi connectivity index (χ4n) is 1.31. The number of rotatable bonds is 5. The third-order valence-electron chi connectivity index (χ3n) is 2.25. The maximum atomic E-state index is 11.7. The summed E-state index contributed by atoms with van der Waals surface area (Å²) in [6.07, 6.45) is 0.266. The quantitative estimate of drug-likeness (QED) is 0.856. The summed E-state index contributed by atoms with van der Waals surface area (Å²) in [6, 6.07) is 9.08. The zero-order valence-corrected chi connectivity index (χ0v) is 10.5. The van der Waals surface area contributed by atoms with E-state index in [1.165, 1.54) is 0 Å². The van der Waals surface area contributed by atoms with Crippen LogP contribution in [0.15, 0.2) is 30.3 Å². The van der Waals surface area contributed by atoms with Crippen molar-refractivity contribution in [2.75, 3.05) is 5.75 Å². The van der Waals surface area contributed by atoms with Gasteiger partial charge in [-0.15, -0.1) is 0 Å². The molecule has 16 heavy (non-hydrogen) atoms. The molecule has 0 spiro atoms. The van der Waals surface area contributed by atoms with E-state index in [4.69, 9.17) is 0 Å². The summed E-state index contributed by atoms with van der Waals surface area (Å²) < 4.78 is 23.5. The monoisotopic (exact) mass is 242 g/mol. The molecule has 0 aliphatic carbocycles. The Bertz CT molecular complexity index is 415. The van der Waals surface area contributed by atoms with Crippen LogP contribution in [0.1, 0.15) is 25.8 Å². The average Bonchev–Trinajstić information content (AvgIpc) is 2.15. The SMILES string of the molecule is CC(C)(O)CCS(=O)(=O)Cc1ccccc1. The van der Waals surface area contributed by atoms with Gasteiger partial charge >= 0.3 is 0 Å². The Labute approximate surface area is 97.0 Å². The first-order valence-electron chi connectivity index (χ1n) is 5.25. The van der Waals surface area contributed by atoms with Crippen molar-refractivity contribution < 1.29 is 13.5 Å². The molecule has 1 aromatic carbocycles.